The minimum absolute atomic E-state index is 0.0720. The highest BCUT2D eigenvalue weighted by molar-refractivity contribution is 6.46. The van der Waals surface area contributed by atoms with Gasteiger partial charge in [0.25, 0.3) is 11.8 Å². The molecule has 0 radical (unpaired) electrons. The summed E-state index contributed by atoms with van der Waals surface area (Å²) < 4.78 is 19.9. The predicted molar refractivity (Wildman–Crippen MR) is 118 cm³/mol. The molecule has 0 aliphatic carbocycles. The van der Waals surface area contributed by atoms with Crippen molar-refractivity contribution in [2.45, 2.75) is 13.8 Å². The summed E-state index contributed by atoms with van der Waals surface area (Å²) in [5.74, 6) is -1.47. The van der Waals surface area contributed by atoms with Gasteiger partial charge in [0.2, 0.25) is 0 Å². The molecule has 2 amide bonds. The van der Waals surface area contributed by atoms with Gasteiger partial charge in [0.15, 0.2) is 0 Å². The number of para-hydroxylation sites is 2. The molecule has 156 valence electrons. The zero-order valence-corrected chi connectivity index (χ0v) is 17.4. The van der Waals surface area contributed by atoms with Crippen molar-refractivity contribution < 1.29 is 18.7 Å². The van der Waals surface area contributed by atoms with E-state index < -0.39 is 17.6 Å². The summed E-state index contributed by atoms with van der Waals surface area (Å²) in [5, 5.41) is 3.11. The summed E-state index contributed by atoms with van der Waals surface area (Å²) in [6.45, 7) is 3.89. The van der Waals surface area contributed by atoms with Crippen molar-refractivity contribution in [1.82, 2.24) is 0 Å². The highest BCUT2D eigenvalue weighted by Gasteiger charge is 2.42. The molecule has 0 aromatic heterocycles. The Morgan fingerprint density at radius 2 is 1.52 bits per heavy atom. The van der Waals surface area contributed by atoms with Gasteiger partial charge in [-0.05, 0) is 55.3 Å². The van der Waals surface area contributed by atoms with Crippen molar-refractivity contribution in [2.75, 3.05) is 17.3 Å². The van der Waals surface area contributed by atoms with Crippen LogP contribution in [0.5, 0.6) is 5.75 Å². The maximum atomic E-state index is 14.5. The van der Waals surface area contributed by atoms with Gasteiger partial charge in [0.1, 0.15) is 17.3 Å². The van der Waals surface area contributed by atoms with Gasteiger partial charge in [-0.2, -0.15) is 0 Å². The number of anilines is 2. The number of amides is 2. The van der Waals surface area contributed by atoms with E-state index in [-0.39, 0.29) is 17.0 Å². The minimum Gasteiger partial charge on any atom is -0.496 e. The third-order valence-electron chi connectivity index (χ3n) is 5.04. The van der Waals surface area contributed by atoms with E-state index in [1.165, 1.54) is 25.3 Å². The molecule has 0 saturated carbocycles. The molecular formula is C25H21FN2O3. The SMILES string of the molecule is COc1ccccc1C1=C(Nc2cc(C)cc(C)c2)C(=O)N(c2ccccc2F)C1=O. The van der Waals surface area contributed by atoms with Crippen LogP contribution in [-0.2, 0) is 9.59 Å². The number of hydrogen-bond acceptors (Lipinski definition) is 4. The quantitative estimate of drug-likeness (QED) is 0.604. The maximum Gasteiger partial charge on any atom is 0.282 e. The van der Waals surface area contributed by atoms with Crippen LogP contribution in [0, 0.1) is 19.7 Å². The monoisotopic (exact) mass is 416 g/mol. The van der Waals surface area contributed by atoms with Gasteiger partial charge >= 0.3 is 0 Å². The number of methoxy groups -OCH3 is 1. The lowest BCUT2D eigenvalue weighted by Gasteiger charge is -2.16. The Balaban J connectivity index is 1.90. The van der Waals surface area contributed by atoms with Crippen LogP contribution >= 0.6 is 0 Å². The van der Waals surface area contributed by atoms with Crippen LogP contribution in [0.1, 0.15) is 16.7 Å². The molecule has 5 nitrogen and oxygen atoms in total. The Kier molecular flexibility index (Phi) is 5.29. The average Bonchev–Trinajstić information content (AvgIpc) is 2.97. The Morgan fingerprint density at radius 3 is 2.19 bits per heavy atom. The van der Waals surface area contributed by atoms with Gasteiger partial charge in [0, 0.05) is 11.3 Å². The number of hydrogen-bond donors (Lipinski definition) is 1. The summed E-state index contributed by atoms with van der Waals surface area (Å²) in [6, 6.07) is 18.4. The second-order valence-electron chi connectivity index (χ2n) is 7.35. The molecule has 3 aromatic rings. The molecule has 0 atom stereocenters. The first-order valence-corrected chi connectivity index (χ1v) is 9.77. The zero-order valence-electron chi connectivity index (χ0n) is 17.4. The molecule has 3 aromatic carbocycles. The fraction of sp³-hybridized carbons (Fsp3) is 0.120. The molecule has 1 aliphatic rings. The molecule has 0 fully saturated rings. The van der Waals surface area contributed by atoms with Gasteiger partial charge in [0.05, 0.1) is 18.4 Å². The second kappa shape index (κ2) is 8.07. The van der Waals surface area contributed by atoms with Crippen LogP contribution in [0.2, 0.25) is 0 Å². The van der Waals surface area contributed by atoms with Crippen LogP contribution < -0.4 is 15.0 Å². The van der Waals surface area contributed by atoms with Crippen LogP contribution in [0.4, 0.5) is 15.8 Å². The van der Waals surface area contributed by atoms with Gasteiger partial charge in [-0.3, -0.25) is 9.59 Å². The number of imide groups is 1. The number of benzene rings is 3. The maximum absolute atomic E-state index is 14.5. The fourth-order valence-corrected chi connectivity index (χ4v) is 3.79. The van der Waals surface area contributed by atoms with Gasteiger partial charge < -0.3 is 10.1 Å². The molecular weight excluding hydrogens is 395 g/mol. The molecule has 4 rings (SSSR count). The number of carbonyl (C=O) groups is 2. The molecule has 0 bridgehead atoms. The molecule has 0 saturated heterocycles. The van der Waals surface area contributed by atoms with Crippen molar-refractivity contribution in [2.24, 2.45) is 0 Å². The average molecular weight is 416 g/mol. The molecule has 1 heterocycles. The number of nitrogens with one attached hydrogen (secondary N) is 1. The lowest BCUT2D eigenvalue weighted by Crippen LogP contribution is -2.33. The Bertz CT molecular complexity index is 1210. The molecule has 0 unspecified atom stereocenters. The fourth-order valence-electron chi connectivity index (χ4n) is 3.79. The largest absolute Gasteiger partial charge is 0.496 e. The Morgan fingerprint density at radius 1 is 0.871 bits per heavy atom. The summed E-state index contributed by atoms with van der Waals surface area (Å²) in [4.78, 5) is 27.7. The second-order valence-corrected chi connectivity index (χ2v) is 7.35. The number of rotatable bonds is 5. The highest BCUT2D eigenvalue weighted by Crippen LogP contribution is 2.38. The van der Waals surface area contributed by atoms with Crippen LogP contribution in [0.15, 0.2) is 72.4 Å². The number of carbonyl (C=O) groups excluding carboxylic acids is 2. The lowest BCUT2D eigenvalue weighted by molar-refractivity contribution is -0.120. The number of nitrogens with zero attached hydrogens (tertiary/aromatic N) is 1. The molecule has 6 heteroatoms. The van der Waals surface area contributed by atoms with E-state index in [1.807, 2.05) is 32.0 Å². The molecule has 0 spiro atoms. The first-order chi connectivity index (χ1) is 14.9. The van der Waals surface area contributed by atoms with Crippen LogP contribution in [0.3, 0.4) is 0 Å². The third kappa shape index (κ3) is 3.68. The summed E-state index contributed by atoms with van der Waals surface area (Å²) in [6.07, 6.45) is 0. The molecule has 31 heavy (non-hydrogen) atoms. The Hall–Kier alpha value is -3.93. The Labute approximate surface area is 179 Å². The topological polar surface area (TPSA) is 58.6 Å². The number of halogens is 1. The van der Waals surface area contributed by atoms with Crippen molar-refractivity contribution in [3.63, 3.8) is 0 Å². The first kappa shape index (κ1) is 20.3. The summed E-state index contributed by atoms with van der Waals surface area (Å²) >= 11 is 0. The first-order valence-electron chi connectivity index (χ1n) is 9.77. The van der Waals surface area contributed by atoms with Crippen molar-refractivity contribution in [3.05, 3.63) is 94.9 Å². The van der Waals surface area contributed by atoms with E-state index in [2.05, 4.69) is 5.32 Å². The number of ether oxygens (including phenoxy) is 1. The minimum atomic E-state index is -0.656. The number of aryl methyl sites for hydroxylation is 2. The van der Waals surface area contributed by atoms with Crippen molar-refractivity contribution in [3.8, 4) is 5.75 Å². The van der Waals surface area contributed by atoms with E-state index in [0.717, 1.165) is 16.0 Å². The van der Waals surface area contributed by atoms with Crippen LogP contribution in [-0.4, -0.2) is 18.9 Å². The summed E-state index contributed by atoms with van der Waals surface area (Å²) in [5.41, 5.74) is 3.23. The molecule has 1 aliphatic heterocycles. The van der Waals surface area contributed by atoms with Gasteiger partial charge in [-0.25, -0.2) is 9.29 Å². The highest BCUT2D eigenvalue weighted by atomic mass is 19.1. The van der Waals surface area contributed by atoms with E-state index in [1.54, 1.807) is 30.3 Å². The van der Waals surface area contributed by atoms with E-state index >= 15 is 0 Å². The standard InChI is InChI=1S/C25H21FN2O3/c1-15-12-16(2)14-17(13-15)27-23-22(18-8-4-7-11-21(18)31-3)24(29)28(25(23)30)20-10-6-5-9-19(20)26/h4-14,27H,1-3H3. The smallest absolute Gasteiger partial charge is 0.282 e. The van der Waals surface area contributed by atoms with E-state index in [0.29, 0.717) is 17.0 Å². The van der Waals surface area contributed by atoms with E-state index in [4.69, 9.17) is 4.74 Å². The van der Waals surface area contributed by atoms with Gasteiger partial charge in [-0.1, -0.05) is 36.4 Å². The third-order valence-corrected chi connectivity index (χ3v) is 5.04. The van der Waals surface area contributed by atoms with Crippen molar-refractivity contribution in [1.29, 1.82) is 0 Å². The summed E-state index contributed by atoms with van der Waals surface area (Å²) in [7, 11) is 1.49. The molecule has 1 N–H and O–H groups in total. The normalized spacial score (nSPS) is 13.7. The van der Waals surface area contributed by atoms with Crippen LogP contribution in [0.25, 0.3) is 5.57 Å². The van der Waals surface area contributed by atoms with Gasteiger partial charge in [-0.15, -0.1) is 0 Å². The van der Waals surface area contributed by atoms with Crippen molar-refractivity contribution >= 4 is 28.8 Å². The van der Waals surface area contributed by atoms with E-state index in [9.17, 15) is 14.0 Å². The zero-order chi connectivity index (χ0) is 22.1. The predicted octanol–water partition coefficient (Wildman–Crippen LogP) is 4.85. The lowest BCUT2D eigenvalue weighted by atomic mass is 10.0.